The van der Waals surface area contributed by atoms with Gasteiger partial charge in [0.05, 0.1) is 14.5 Å². The van der Waals surface area contributed by atoms with Gasteiger partial charge in [-0.15, -0.1) is 0 Å². The van der Waals surface area contributed by atoms with E-state index in [-0.39, 0.29) is 9.79 Å². The van der Waals surface area contributed by atoms with Gasteiger partial charge in [-0.1, -0.05) is 17.7 Å². The van der Waals surface area contributed by atoms with E-state index >= 15 is 0 Å². The van der Waals surface area contributed by atoms with Crippen LogP contribution >= 0.6 is 0 Å². The van der Waals surface area contributed by atoms with Crippen molar-refractivity contribution in [3.8, 4) is 11.5 Å². The Balaban J connectivity index is 0.00000222. The lowest BCUT2D eigenvalue weighted by molar-refractivity contribution is -0.139. The minimum absolute atomic E-state index is 0.219. The molecule has 0 spiro atoms. The maximum absolute atomic E-state index is 13.1. The fourth-order valence-electron chi connectivity index (χ4n) is 3.11. The average molecular weight is 538 g/mol. The highest BCUT2D eigenvalue weighted by atomic mass is 32.2. The van der Waals surface area contributed by atoms with Crippen molar-refractivity contribution < 1.29 is 36.7 Å². The van der Waals surface area contributed by atoms with Crippen molar-refractivity contribution in [3.63, 3.8) is 0 Å². The van der Waals surface area contributed by atoms with Crippen LogP contribution in [0.4, 0.5) is 0 Å². The molecular weight excluding hydrogens is 510 g/mol. The van der Waals surface area contributed by atoms with Gasteiger partial charge >= 0.3 is 5.97 Å². The van der Waals surface area contributed by atoms with Crippen LogP contribution in [0, 0.1) is 6.92 Å². The third-order valence-corrected chi connectivity index (χ3v) is 9.16. The van der Waals surface area contributed by atoms with Gasteiger partial charge in [0.1, 0.15) is 17.5 Å². The number of sulfonamides is 1. The summed E-state index contributed by atoms with van der Waals surface area (Å²) < 4.78 is 57.8. The Labute approximate surface area is 209 Å². The lowest BCUT2D eigenvalue weighted by Crippen LogP contribution is -2.57. The molecule has 36 heavy (non-hydrogen) atoms. The van der Waals surface area contributed by atoms with Gasteiger partial charge in [0.15, 0.2) is 9.84 Å². The SMILES string of the molecule is Cc1ccc(Oc2ccc(S(=O)(=O)NC(C(=O)O)C(C)(C)S(=O)(=O)c3cccnc3)cc2)cc1.NO. The highest BCUT2D eigenvalue weighted by Crippen LogP contribution is 2.30. The molecule has 0 aliphatic rings. The van der Waals surface area contributed by atoms with Gasteiger partial charge < -0.3 is 15.1 Å². The summed E-state index contributed by atoms with van der Waals surface area (Å²) in [6.45, 7) is 4.23. The molecule has 0 aliphatic carbocycles. The van der Waals surface area contributed by atoms with E-state index in [1.807, 2.05) is 23.8 Å². The van der Waals surface area contributed by atoms with Crippen LogP contribution in [0.2, 0.25) is 0 Å². The zero-order valence-corrected chi connectivity index (χ0v) is 21.3. The molecule has 0 saturated heterocycles. The van der Waals surface area contributed by atoms with Gasteiger partial charge in [0, 0.05) is 12.4 Å². The quantitative estimate of drug-likeness (QED) is 0.295. The van der Waals surface area contributed by atoms with E-state index in [0.29, 0.717) is 11.5 Å². The molecule has 3 aromatic rings. The summed E-state index contributed by atoms with van der Waals surface area (Å²) >= 11 is 0. The first-order valence-electron chi connectivity index (χ1n) is 10.3. The number of hydrogen-bond acceptors (Lipinski definition) is 9. The molecule has 0 bridgehead atoms. The first-order chi connectivity index (χ1) is 16.8. The largest absolute Gasteiger partial charge is 0.480 e. The number of sulfone groups is 1. The second-order valence-corrected chi connectivity index (χ2v) is 12.3. The summed E-state index contributed by atoms with van der Waals surface area (Å²) in [6.07, 6.45) is 2.45. The van der Waals surface area contributed by atoms with E-state index in [0.717, 1.165) is 25.6 Å². The maximum atomic E-state index is 13.1. The third kappa shape index (κ3) is 6.44. The molecular formula is C23H27N3O8S2. The highest BCUT2D eigenvalue weighted by Gasteiger charge is 2.48. The van der Waals surface area contributed by atoms with Crippen molar-refractivity contribution in [1.82, 2.24) is 9.71 Å². The predicted molar refractivity (Wildman–Crippen MR) is 131 cm³/mol. The number of ether oxygens (including phenoxy) is 1. The number of nitrogens with one attached hydrogen (secondary N) is 1. The number of aliphatic carboxylic acids is 1. The normalized spacial score (nSPS) is 12.7. The Bertz CT molecular complexity index is 1380. The minimum Gasteiger partial charge on any atom is -0.480 e. The molecule has 3 rings (SSSR count). The van der Waals surface area contributed by atoms with Crippen LogP contribution in [0.5, 0.6) is 11.5 Å². The molecule has 0 saturated carbocycles. The minimum atomic E-state index is -4.39. The van der Waals surface area contributed by atoms with Crippen molar-refractivity contribution in [2.45, 2.75) is 41.4 Å². The molecule has 5 N–H and O–H groups in total. The first kappa shape index (κ1) is 28.9. The Morgan fingerprint density at radius 3 is 1.94 bits per heavy atom. The van der Waals surface area contributed by atoms with E-state index in [4.69, 9.17) is 9.94 Å². The van der Waals surface area contributed by atoms with Gasteiger partial charge in [0.25, 0.3) is 0 Å². The van der Waals surface area contributed by atoms with E-state index in [2.05, 4.69) is 10.9 Å². The topological polar surface area (TPSA) is 186 Å². The third-order valence-electron chi connectivity index (χ3n) is 5.24. The zero-order chi connectivity index (χ0) is 27.1. The van der Waals surface area contributed by atoms with Crippen molar-refractivity contribution in [1.29, 1.82) is 0 Å². The molecule has 11 nitrogen and oxygen atoms in total. The summed E-state index contributed by atoms with van der Waals surface area (Å²) in [5.74, 6) is 2.80. The zero-order valence-electron chi connectivity index (χ0n) is 19.7. The van der Waals surface area contributed by atoms with E-state index in [9.17, 15) is 26.7 Å². The van der Waals surface area contributed by atoms with Crippen molar-refractivity contribution in [2.24, 2.45) is 5.90 Å². The maximum Gasteiger partial charge on any atom is 0.323 e. The summed E-state index contributed by atoms with van der Waals surface area (Å²) in [7, 11) is -8.66. The monoisotopic (exact) mass is 537 g/mol. The fourth-order valence-corrected chi connectivity index (χ4v) is 6.05. The first-order valence-corrected chi connectivity index (χ1v) is 13.3. The number of nitrogens with two attached hydrogens (primary N) is 1. The Kier molecular flexibility index (Phi) is 9.29. The molecule has 0 amide bonds. The number of carbonyl (C=O) groups is 1. The van der Waals surface area contributed by atoms with Crippen LogP contribution in [0.15, 0.2) is 82.8 Å². The Morgan fingerprint density at radius 1 is 0.944 bits per heavy atom. The predicted octanol–water partition coefficient (Wildman–Crippen LogP) is 2.50. The highest BCUT2D eigenvalue weighted by molar-refractivity contribution is 7.93. The molecule has 1 atom stereocenters. The van der Waals surface area contributed by atoms with Crippen molar-refractivity contribution in [2.75, 3.05) is 0 Å². The number of hydrogen-bond donors (Lipinski definition) is 4. The standard InChI is InChI=1S/C23H24N2O7S2.H3NO/c1-16-6-8-17(9-7-16)32-18-10-12-19(13-11-18)34(30,31)25-21(22(26)27)23(2,3)33(28,29)20-5-4-14-24-15-20;1-2/h4-15,21,25H,1-3H3,(H,26,27);2H,1H2. The molecule has 13 heteroatoms. The number of carboxylic acid groups (broad SMARTS) is 1. The molecule has 0 radical (unpaired) electrons. The number of pyridine rings is 1. The molecule has 194 valence electrons. The number of carboxylic acids is 1. The summed E-state index contributed by atoms with van der Waals surface area (Å²) in [6, 6.07) is 13.3. The fraction of sp³-hybridized carbons (Fsp3) is 0.217. The number of benzene rings is 2. The van der Waals surface area contributed by atoms with Gasteiger partial charge in [-0.3, -0.25) is 9.78 Å². The van der Waals surface area contributed by atoms with Crippen LogP contribution in [-0.4, -0.2) is 48.9 Å². The van der Waals surface area contributed by atoms with Crippen LogP contribution in [0.1, 0.15) is 19.4 Å². The van der Waals surface area contributed by atoms with Crippen LogP contribution < -0.4 is 15.4 Å². The van der Waals surface area contributed by atoms with Gasteiger partial charge in [0.2, 0.25) is 10.0 Å². The Morgan fingerprint density at radius 2 is 1.47 bits per heavy atom. The van der Waals surface area contributed by atoms with Gasteiger partial charge in [-0.2, -0.15) is 4.72 Å². The summed E-state index contributed by atoms with van der Waals surface area (Å²) in [4.78, 5) is 15.3. The lowest BCUT2D eigenvalue weighted by Gasteiger charge is -2.31. The van der Waals surface area contributed by atoms with E-state index < -0.39 is 36.6 Å². The summed E-state index contributed by atoms with van der Waals surface area (Å²) in [5, 5.41) is 16.2. The van der Waals surface area contributed by atoms with Crippen molar-refractivity contribution >= 4 is 25.8 Å². The van der Waals surface area contributed by atoms with Crippen molar-refractivity contribution in [3.05, 3.63) is 78.6 Å². The molecule has 0 fully saturated rings. The number of aryl methyl sites for hydroxylation is 1. The van der Waals surface area contributed by atoms with Gasteiger partial charge in [-0.25, -0.2) is 22.7 Å². The molecule has 2 aromatic carbocycles. The molecule has 1 unspecified atom stereocenters. The van der Waals surface area contributed by atoms with Crippen LogP contribution in [0.3, 0.4) is 0 Å². The average Bonchev–Trinajstić information content (AvgIpc) is 2.86. The molecule has 1 heterocycles. The number of rotatable bonds is 9. The molecule has 0 aliphatic heterocycles. The second kappa shape index (κ2) is 11.6. The Hall–Kier alpha value is -3.36. The number of aromatic nitrogens is 1. The smallest absolute Gasteiger partial charge is 0.323 e. The summed E-state index contributed by atoms with van der Waals surface area (Å²) in [5.41, 5.74) is 1.06. The second-order valence-electron chi connectivity index (χ2n) is 8.07. The number of nitrogens with zero attached hydrogens (tertiary/aromatic N) is 1. The van der Waals surface area contributed by atoms with E-state index in [1.54, 1.807) is 12.1 Å². The van der Waals surface area contributed by atoms with Crippen LogP contribution in [0.25, 0.3) is 0 Å². The van der Waals surface area contributed by atoms with E-state index in [1.165, 1.54) is 42.6 Å². The van der Waals surface area contributed by atoms with Gasteiger partial charge in [-0.05, 0) is 69.3 Å². The lowest BCUT2D eigenvalue weighted by atomic mass is 10.1. The molecule has 1 aromatic heterocycles. The van der Waals surface area contributed by atoms with Crippen LogP contribution in [-0.2, 0) is 24.7 Å².